The second kappa shape index (κ2) is 6.23. The highest BCUT2D eigenvalue weighted by Crippen LogP contribution is 2.48. The molecule has 5 heteroatoms. The van der Waals surface area contributed by atoms with Gasteiger partial charge < -0.3 is 0 Å². The van der Waals surface area contributed by atoms with Gasteiger partial charge in [-0.2, -0.15) is 13.7 Å². The van der Waals surface area contributed by atoms with Gasteiger partial charge in [0.2, 0.25) is 0 Å². The van der Waals surface area contributed by atoms with Gasteiger partial charge in [-0.1, -0.05) is 13.8 Å². The van der Waals surface area contributed by atoms with Gasteiger partial charge in [0.05, 0.1) is 18.9 Å². The van der Waals surface area contributed by atoms with Crippen LogP contribution in [0.5, 0.6) is 0 Å². The van der Waals surface area contributed by atoms with Crippen molar-refractivity contribution in [2.45, 2.75) is 58.7 Å². The summed E-state index contributed by atoms with van der Waals surface area (Å²) in [7, 11) is -3.53. The molecule has 0 aromatic rings. The SMILES string of the molecule is [2H]C([2H])(CC#N)C1(C)CC1.[2H]C([2H])(COS(C)(=O)=O)C1(C)CC1. The quantitative estimate of drug-likeness (QED) is 0.705. The Labute approximate surface area is 122 Å². The van der Waals surface area contributed by atoms with Gasteiger partial charge in [-0.3, -0.25) is 4.18 Å². The Morgan fingerprint density at radius 2 is 1.68 bits per heavy atom. The first kappa shape index (κ1) is 11.1. The summed E-state index contributed by atoms with van der Waals surface area (Å²) in [5.41, 5.74) is -0.583. The molecule has 0 aromatic carbocycles. The Kier molecular flexibility index (Phi) is 3.64. The van der Waals surface area contributed by atoms with Crippen LogP contribution >= 0.6 is 0 Å². The van der Waals surface area contributed by atoms with Gasteiger partial charge in [-0.05, 0) is 49.3 Å². The third kappa shape index (κ3) is 8.22. The molecule has 2 aliphatic rings. The minimum atomic E-state index is -3.53. The number of nitrogens with zero attached hydrogens (tertiary/aromatic N) is 1. The lowest BCUT2D eigenvalue weighted by Crippen LogP contribution is -2.07. The molecule has 0 atom stereocenters. The second-order valence-electron chi connectivity index (χ2n) is 5.78. The second-order valence-corrected chi connectivity index (χ2v) is 7.42. The smallest absolute Gasteiger partial charge is 0.264 e. The zero-order valence-electron chi connectivity index (χ0n) is 15.8. The maximum Gasteiger partial charge on any atom is 0.264 e. The number of hydrogen-bond donors (Lipinski definition) is 0. The summed E-state index contributed by atoms with van der Waals surface area (Å²) in [5.74, 6) is 0. The third-order valence-electron chi connectivity index (χ3n) is 3.37. The summed E-state index contributed by atoms with van der Waals surface area (Å²) in [6, 6.07) is 1.88. The zero-order valence-corrected chi connectivity index (χ0v) is 12.6. The molecular formula is C14H25NO3S. The number of nitriles is 1. The molecule has 0 radical (unpaired) electrons. The van der Waals surface area contributed by atoms with Gasteiger partial charge in [-0.15, -0.1) is 0 Å². The van der Waals surface area contributed by atoms with Gasteiger partial charge in [0.1, 0.15) is 0 Å². The average Bonchev–Trinajstić information content (AvgIpc) is 3.27. The Morgan fingerprint density at radius 3 is 2.05 bits per heavy atom. The van der Waals surface area contributed by atoms with Crippen molar-refractivity contribution >= 4 is 10.1 Å². The molecule has 19 heavy (non-hydrogen) atoms. The lowest BCUT2D eigenvalue weighted by atomic mass is 10.0. The minimum absolute atomic E-state index is 0.0312. The molecule has 2 rings (SSSR count). The van der Waals surface area contributed by atoms with Crippen molar-refractivity contribution in [1.82, 2.24) is 0 Å². The van der Waals surface area contributed by atoms with Gasteiger partial charge in [0.25, 0.3) is 10.1 Å². The zero-order chi connectivity index (χ0) is 18.2. The fourth-order valence-corrected chi connectivity index (χ4v) is 1.57. The van der Waals surface area contributed by atoms with E-state index < -0.39 is 28.3 Å². The van der Waals surface area contributed by atoms with Gasteiger partial charge in [0, 0.05) is 11.9 Å². The summed E-state index contributed by atoms with van der Waals surface area (Å²) in [4.78, 5) is 0. The van der Waals surface area contributed by atoms with E-state index in [1.165, 1.54) is 0 Å². The lowest BCUT2D eigenvalue weighted by Gasteiger charge is -2.06. The van der Waals surface area contributed by atoms with Gasteiger partial charge in [-0.25, -0.2) is 0 Å². The Hall–Kier alpha value is -0.600. The Morgan fingerprint density at radius 1 is 1.21 bits per heavy atom. The predicted octanol–water partition coefficient (Wildman–Crippen LogP) is 3.24. The Bertz CT molecular complexity index is 575. The largest absolute Gasteiger partial charge is 0.270 e. The predicted molar refractivity (Wildman–Crippen MR) is 74.9 cm³/mol. The highest BCUT2D eigenvalue weighted by molar-refractivity contribution is 7.85. The molecule has 0 amide bonds. The molecule has 2 aliphatic carbocycles. The molecule has 2 fully saturated rings. The molecule has 4 nitrogen and oxygen atoms in total. The van der Waals surface area contributed by atoms with E-state index in [0.717, 1.165) is 31.9 Å². The van der Waals surface area contributed by atoms with Crippen LogP contribution in [-0.4, -0.2) is 21.3 Å². The molecule has 0 unspecified atom stereocenters. The van der Waals surface area contributed by atoms with Crippen molar-refractivity contribution < 1.29 is 18.1 Å². The fourth-order valence-electron chi connectivity index (χ4n) is 1.29. The van der Waals surface area contributed by atoms with Crippen LogP contribution in [-0.2, 0) is 14.3 Å². The van der Waals surface area contributed by atoms with E-state index >= 15 is 0 Å². The van der Waals surface area contributed by atoms with Crippen LogP contribution in [0, 0.1) is 22.2 Å². The van der Waals surface area contributed by atoms with Crippen molar-refractivity contribution in [3.05, 3.63) is 0 Å². The summed E-state index contributed by atoms with van der Waals surface area (Å²) < 4.78 is 55.9. The van der Waals surface area contributed by atoms with Crippen molar-refractivity contribution in [3.63, 3.8) is 0 Å². The summed E-state index contributed by atoms with van der Waals surface area (Å²) in [6.07, 6.45) is 1.61. The first-order valence-corrected chi connectivity index (χ1v) is 8.21. The van der Waals surface area contributed by atoms with Crippen molar-refractivity contribution in [1.29, 1.82) is 5.26 Å². The highest BCUT2D eigenvalue weighted by atomic mass is 32.2. The molecule has 0 aliphatic heterocycles. The van der Waals surface area contributed by atoms with E-state index in [1.54, 1.807) is 6.92 Å². The van der Waals surface area contributed by atoms with Crippen LogP contribution in [0.15, 0.2) is 0 Å². The van der Waals surface area contributed by atoms with E-state index in [1.807, 2.05) is 13.0 Å². The van der Waals surface area contributed by atoms with Crippen LogP contribution in [0.3, 0.4) is 0 Å². The highest BCUT2D eigenvalue weighted by Gasteiger charge is 2.37. The number of hydrogen-bond acceptors (Lipinski definition) is 4. The summed E-state index contributed by atoms with van der Waals surface area (Å²) >= 11 is 0. The first-order chi connectivity index (χ1) is 10.2. The first-order valence-electron chi connectivity index (χ1n) is 8.40. The number of rotatable bonds is 6. The molecule has 0 spiro atoms. The maximum atomic E-state index is 10.6. The fraction of sp³-hybridized carbons (Fsp3) is 0.929. The molecule has 0 bridgehead atoms. The molecule has 0 N–H and O–H groups in total. The van der Waals surface area contributed by atoms with E-state index in [-0.39, 0.29) is 18.4 Å². The van der Waals surface area contributed by atoms with Crippen molar-refractivity contribution in [2.75, 3.05) is 12.9 Å². The molecule has 0 aromatic heterocycles. The topological polar surface area (TPSA) is 67.2 Å². The van der Waals surface area contributed by atoms with Crippen LogP contribution in [0.1, 0.15) is 64.2 Å². The maximum absolute atomic E-state index is 10.6. The van der Waals surface area contributed by atoms with Gasteiger partial charge >= 0.3 is 0 Å². The lowest BCUT2D eigenvalue weighted by molar-refractivity contribution is 0.283. The monoisotopic (exact) mass is 291 g/mol. The molecule has 0 saturated heterocycles. The average molecular weight is 291 g/mol. The normalized spacial score (nSPS) is 26.4. The van der Waals surface area contributed by atoms with Gasteiger partial charge in [0.15, 0.2) is 0 Å². The summed E-state index contributed by atoms with van der Waals surface area (Å²) in [6.45, 7) is 3.34. The van der Waals surface area contributed by atoms with Crippen LogP contribution in [0.2, 0.25) is 0 Å². The van der Waals surface area contributed by atoms with Crippen LogP contribution < -0.4 is 0 Å². The summed E-state index contributed by atoms with van der Waals surface area (Å²) in [5, 5.41) is 8.30. The van der Waals surface area contributed by atoms with Crippen LogP contribution in [0.25, 0.3) is 0 Å². The third-order valence-corrected chi connectivity index (χ3v) is 3.91. The van der Waals surface area contributed by atoms with E-state index in [2.05, 4.69) is 4.18 Å². The molecule has 2 saturated carbocycles. The van der Waals surface area contributed by atoms with Crippen molar-refractivity contribution in [3.8, 4) is 6.07 Å². The van der Waals surface area contributed by atoms with Crippen LogP contribution in [0.4, 0.5) is 0 Å². The van der Waals surface area contributed by atoms with E-state index in [9.17, 15) is 8.42 Å². The molecule has 0 heterocycles. The standard InChI is InChI=1S/C7H11N.C7H14O3S/c1-7(4-5-7)3-2-6-8;1-7(3-4-7)5-6-10-11(2,8)9/h2-5H2,1H3;3-6H2,1-2H3/i3D2;5D2. The van der Waals surface area contributed by atoms with E-state index in [4.69, 9.17) is 10.7 Å². The van der Waals surface area contributed by atoms with E-state index in [0.29, 0.717) is 0 Å². The minimum Gasteiger partial charge on any atom is -0.270 e. The van der Waals surface area contributed by atoms with Crippen molar-refractivity contribution in [2.24, 2.45) is 10.8 Å². The Balaban J connectivity index is 0.000000238. The molecular weight excluding hydrogens is 262 g/mol. The molecule has 110 valence electrons.